The summed E-state index contributed by atoms with van der Waals surface area (Å²) in [5.41, 5.74) is 2.46. The van der Waals surface area contributed by atoms with Crippen LogP contribution in [0.2, 0.25) is 5.02 Å². The molecule has 1 aromatic heterocycles. The molecule has 1 aromatic carbocycles. The highest BCUT2D eigenvalue weighted by atomic mass is 35.5. The highest BCUT2D eigenvalue weighted by Crippen LogP contribution is 2.61. The molecular weight excluding hydrogens is 484 g/mol. The molecule has 4 saturated carbocycles. The number of rotatable bonds is 5. The fraction of sp³-hybridized carbons (Fsp3) is 0.577. The predicted octanol–water partition coefficient (Wildman–Crippen LogP) is 4.73. The number of nitrogens with zero attached hydrogens (tertiary/aromatic N) is 3. The number of benzene rings is 1. The van der Waals surface area contributed by atoms with Crippen LogP contribution in [0.3, 0.4) is 0 Å². The minimum atomic E-state index is -3.71. The van der Waals surface area contributed by atoms with E-state index in [9.17, 15) is 13.2 Å². The Morgan fingerprint density at radius 2 is 1.83 bits per heavy atom. The normalized spacial score (nSPS) is 29.7. The number of aryl methyl sites for hydroxylation is 1. The molecule has 1 amide bonds. The van der Waals surface area contributed by atoms with Gasteiger partial charge in [-0.2, -0.15) is 4.31 Å². The maximum atomic E-state index is 13.2. The number of nitrogens with one attached hydrogen (secondary N) is 1. The molecule has 0 atom stereocenters. The van der Waals surface area contributed by atoms with Gasteiger partial charge in [-0.1, -0.05) is 17.7 Å². The lowest BCUT2D eigenvalue weighted by molar-refractivity contribution is -0.124. The molecule has 4 bridgehead atoms. The van der Waals surface area contributed by atoms with Crippen LogP contribution in [0.4, 0.5) is 5.82 Å². The molecule has 35 heavy (non-hydrogen) atoms. The summed E-state index contributed by atoms with van der Waals surface area (Å²) in [6.45, 7) is 2.28. The molecule has 2 heterocycles. The first-order valence-corrected chi connectivity index (χ1v) is 14.4. The maximum Gasteiger partial charge on any atom is 0.243 e. The van der Waals surface area contributed by atoms with Gasteiger partial charge < -0.3 is 5.32 Å². The van der Waals surface area contributed by atoms with Gasteiger partial charge in [-0.3, -0.25) is 4.79 Å². The quantitative estimate of drug-likeness (QED) is 0.622. The molecule has 0 radical (unpaired) electrons. The molecule has 4 aliphatic carbocycles. The zero-order chi connectivity index (χ0) is 24.4. The van der Waals surface area contributed by atoms with Crippen LogP contribution in [0.5, 0.6) is 0 Å². The van der Waals surface area contributed by atoms with Crippen LogP contribution in [0.1, 0.15) is 61.8 Å². The van der Waals surface area contributed by atoms with Crippen molar-refractivity contribution in [3.05, 3.63) is 46.4 Å². The number of hydrogen-bond donors (Lipinski definition) is 1. The molecule has 0 saturated heterocycles. The van der Waals surface area contributed by atoms with Crippen molar-refractivity contribution in [3.8, 4) is 0 Å². The number of carbonyl (C=O) groups is 1. The first kappa shape index (κ1) is 23.4. The number of anilines is 1. The van der Waals surface area contributed by atoms with Crippen molar-refractivity contribution < 1.29 is 13.2 Å². The average molecular weight is 515 g/mol. The molecule has 0 unspecified atom stereocenters. The van der Waals surface area contributed by atoms with E-state index in [1.165, 1.54) is 55.2 Å². The van der Waals surface area contributed by atoms with Crippen LogP contribution < -0.4 is 5.32 Å². The van der Waals surface area contributed by atoms with Crippen molar-refractivity contribution in [1.29, 1.82) is 0 Å². The molecule has 1 aliphatic heterocycles. The van der Waals surface area contributed by atoms with E-state index in [1.54, 1.807) is 12.1 Å². The van der Waals surface area contributed by atoms with Gasteiger partial charge in [0.15, 0.2) is 0 Å². The number of amides is 1. The fourth-order valence-corrected chi connectivity index (χ4v) is 9.22. The topological polar surface area (TPSA) is 92.3 Å². The summed E-state index contributed by atoms with van der Waals surface area (Å²) in [7, 11) is -3.71. The van der Waals surface area contributed by atoms with Crippen molar-refractivity contribution in [2.75, 3.05) is 11.9 Å². The Hall–Kier alpha value is -2.03. The average Bonchev–Trinajstić information content (AvgIpc) is 2.79. The molecular formula is C26H31ClN4O3S. The number of carbonyl (C=O) groups excluding carboxylic acids is 1. The van der Waals surface area contributed by atoms with Gasteiger partial charge in [-0.05, 0) is 92.7 Å². The Morgan fingerprint density at radius 3 is 2.49 bits per heavy atom. The largest absolute Gasteiger partial charge is 0.310 e. The Bertz CT molecular complexity index is 1260. The zero-order valence-corrected chi connectivity index (χ0v) is 21.5. The third-order valence-corrected chi connectivity index (χ3v) is 11.0. The Labute approximate surface area is 211 Å². The summed E-state index contributed by atoms with van der Waals surface area (Å²) in [5.74, 6) is 2.96. The number of sulfonamides is 1. The van der Waals surface area contributed by atoms with E-state index in [4.69, 9.17) is 11.6 Å². The minimum Gasteiger partial charge on any atom is -0.310 e. The van der Waals surface area contributed by atoms with E-state index in [1.807, 2.05) is 6.92 Å². The molecule has 7 nitrogen and oxygen atoms in total. The lowest BCUT2D eigenvalue weighted by atomic mass is 9.49. The second kappa shape index (κ2) is 8.53. The first-order valence-electron chi connectivity index (χ1n) is 12.6. The molecule has 9 heteroatoms. The summed E-state index contributed by atoms with van der Waals surface area (Å²) >= 11 is 6.18. The van der Waals surface area contributed by atoms with E-state index in [0.717, 1.165) is 28.9 Å². The summed E-state index contributed by atoms with van der Waals surface area (Å²) in [5, 5.41) is 3.49. The van der Waals surface area contributed by atoms with Crippen molar-refractivity contribution in [2.24, 2.45) is 23.2 Å². The second-order valence-corrected chi connectivity index (χ2v) is 13.6. The third-order valence-electron chi connectivity index (χ3n) is 8.71. The summed E-state index contributed by atoms with van der Waals surface area (Å²) in [4.78, 5) is 22.1. The van der Waals surface area contributed by atoms with Gasteiger partial charge in [0, 0.05) is 23.6 Å². The Morgan fingerprint density at radius 1 is 1.14 bits per heavy atom. The van der Waals surface area contributed by atoms with Gasteiger partial charge in [0.05, 0.1) is 17.1 Å². The van der Waals surface area contributed by atoms with Gasteiger partial charge in [-0.15, -0.1) is 0 Å². The van der Waals surface area contributed by atoms with E-state index in [0.29, 0.717) is 35.9 Å². The molecule has 5 aliphatic rings. The molecule has 1 N–H and O–H groups in total. The monoisotopic (exact) mass is 514 g/mol. The van der Waals surface area contributed by atoms with E-state index < -0.39 is 10.0 Å². The van der Waals surface area contributed by atoms with Crippen LogP contribution in [0.25, 0.3) is 0 Å². The van der Waals surface area contributed by atoms with Crippen LogP contribution in [0, 0.1) is 30.1 Å². The highest BCUT2D eigenvalue weighted by Gasteiger charge is 2.51. The number of halogens is 1. The van der Waals surface area contributed by atoms with E-state index >= 15 is 0 Å². The van der Waals surface area contributed by atoms with Gasteiger partial charge in [0.25, 0.3) is 0 Å². The SMILES string of the molecule is Cc1ccc(S(=O)(=O)N2CCc3c(ncnc3NC(=O)CC34CC5CC(CC(C5)C3)C4)C2)cc1Cl. The van der Waals surface area contributed by atoms with E-state index in [-0.39, 0.29) is 22.8 Å². The number of fused-ring (bicyclic) bond motifs is 1. The van der Waals surface area contributed by atoms with E-state index in [2.05, 4.69) is 15.3 Å². The fourth-order valence-electron chi connectivity index (χ4n) is 7.55. The van der Waals surface area contributed by atoms with Gasteiger partial charge >= 0.3 is 0 Å². The molecule has 186 valence electrons. The maximum absolute atomic E-state index is 13.2. The minimum absolute atomic E-state index is 0.0252. The van der Waals surface area contributed by atoms with Gasteiger partial charge in [-0.25, -0.2) is 18.4 Å². The molecule has 4 fully saturated rings. The Kier molecular flexibility index (Phi) is 5.69. The van der Waals surface area contributed by atoms with Crippen molar-refractivity contribution in [1.82, 2.24) is 14.3 Å². The highest BCUT2D eigenvalue weighted by molar-refractivity contribution is 7.89. The predicted molar refractivity (Wildman–Crippen MR) is 133 cm³/mol. The molecule has 7 rings (SSSR count). The van der Waals surface area contributed by atoms with Crippen LogP contribution in [-0.2, 0) is 27.8 Å². The van der Waals surface area contributed by atoms with Crippen molar-refractivity contribution in [2.45, 2.75) is 69.7 Å². The van der Waals surface area contributed by atoms with Crippen LogP contribution in [0.15, 0.2) is 29.4 Å². The summed E-state index contributed by atoms with van der Waals surface area (Å²) < 4.78 is 27.9. The van der Waals surface area contributed by atoms with Gasteiger partial charge in [0.2, 0.25) is 15.9 Å². The standard InChI is InChI=1S/C26H31ClN4O3S/c1-16-2-3-20(9-22(16)27)35(33,34)31-5-4-21-23(14-31)28-15-29-25(21)30-24(32)13-26-10-17-6-18(11-26)8-19(7-17)12-26/h2-3,9,15,17-19H,4-8,10-14H2,1H3,(H,28,29,30,32). The number of aromatic nitrogens is 2. The first-order chi connectivity index (χ1) is 16.7. The second-order valence-electron chi connectivity index (χ2n) is 11.3. The van der Waals surface area contributed by atoms with Crippen molar-refractivity contribution in [3.63, 3.8) is 0 Å². The summed E-state index contributed by atoms with van der Waals surface area (Å²) in [6.07, 6.45) is 10.0. The molecule has 0 spiro atoms. The molecule has 2 aromatic rings. The lowest BCUT2D eigenvalue weighted by Gasteiger charge is -2.56. The lowest BCUT2D eigenvalue weighted by Crippen LogP contribution is -2.47. The summed E-state index contributed by atoms with van der Waals surface area (Å²) in [6, 6.07) is 4.80. The van der Waals surface area contributed by atoms with Crippen LogP contribution in [-0.4, -0.2) is 35.1 Å². The Balaban J connectivity index is 1.17. The zero-order valence-electron chi connectivity index (χ0n) is 20.0. The van der Waals surface area contributed by atoms with Crippen LogP contribution >= 0.6 is 11.6 Å². The number of hydrogen-bond acceptors (Lipinski definition) is 5. The third kappa shape index (κ3) is 4.27. The van der Waals surface area contributed by atoms with Gasteiger partial charge in [0.1, 0.15) is 12.1 Å². The van der Waals surface area contributed by atoms with Crippen molar-refractivity contribution >= 4 is 33.3 Å². The smallest absolute Gasteiger partial charge is 0.243 e.